The van der Waals surface area contributed by atoms with Gasteiger partial charge in [0.25, 0.3) is 0 Å². The Morgan fingerprint density at radius 3 is 2.67 bits per heavy atom. The van der Waals surface area contributed by atoms with E-state index >= 15 is 0 Å². The first-order valence-corrected chi connectivity index (χ1v) is 5.61. The zero-order chi connectivity index (χ0) is 11.1. The SMILES string of the molecule is CNc1cccc(NCCCC(C)C)n1. The van der Waals surface area contributed by atoms with E-state index in [1.807, 2.05) is 25.2 Å². The predicted molar refractivity (Wildman–Crippen MR) is 66.3 cm³/mol. The summed E-state index contributed by atoms with van der Waals surface area (Å²) in [6.07, 6.45) is 2.46. The van der Waals surface area contributed by atoms with E-state index in [9.17, 15) is 0 Å². The van der Waals surface area contributed by atoms with Crippen LogP contribution >= 0.6 is 0 Å². The van der Waals surface area contributed by atoms with Gasteiger partial charge in [-0.2, -0.15) is 0 Å². The molecule has 0 bridgehead atoms. The summed E-state index contributed by atoms with van der Waals surface area (Å²) in [7, 11) is 1.88. The molecule has 0 unspecified atom stereocenters. The Hall–Kier alpha value is -1.25. The van der Waals surface area contributed by atoms with Crippen LogP contribution in [0.3, 0.4) is 0 Å². The Kier molecular flexibility index (Phi) is 4.95. The molecule has 0 amide bonds. The van der Waals surface area contributed by atoms with Crippen LogP contribution < -0.4 is 10.6 Å². The fraction of sp³-hybridized carbons (Fsp3) is 0.583. The topological polar surface area (TPSA) is 37.0 Å². The summed E-state index contributed by atoms with van der Waals surface area (Å²) in [4.78, 5) is 4.39. The maximum atomic E-state index is 4.39. The second-order valence-corrected chi connectivity index (χ2v) is 4.12. The molecule has 1 aromatic rings. The van der Waals surface area contributed by atoms with Crippen molar-refractivity contribution in [2.24, 2.45) is 5.92 Å². The van der Waals surface area contributed by atoms with Gasteiger partial charge in [-0.05, 0) is 30.9 Å². The van der Waals surface area contributed by atoms with Gasteiger partial charge in [-0.1, -0.05) is 19.9 Å². The van der Waals surface area contributed by atoms with E-state index < -0.39 is 0 Å². The first-order valence-electron chi connectivity index (χ1n) is 5.61. The highest BCUT2D eigenvalue weighted by molar-refractivity contribution is 5.44. The summed E-state index contributed by atoms with van der Waals surface area (Å²) in [5, 5.41) is 6.35. The minimum atomic E-state index is 0.781. The van der Waals surface area contributed by atoms with Gasteiger partial charge in [-0.25, -0.2) is 4.98 Å². The van der Waals surface area contributed by atoms with Crippen LogP contribution in [0.2, 0.25) is 0 Å². The minimum Gasteiger partial charge on any atom is -0.373 e. The van der Waals surface area contributed by atoms with Crippen LogP contribution in [0.15, 0.2) is 18.2 Å². The maximum Gasteiger partial charge on any atom is 0.128 e. The summed E-state index contributed by atoms with van der Waals surface area (Å²) in [5.74, 6) is 2.64. The summed E-state index contributed by atoms with van der Waals surface area (Å²) in [6, 6.07) is 5.96. The summed E-state index contributed by atoms with van der Waals surface area (Å²) >= 11 is 0. The Labute approximate surface area is 92.3 Å². The smallest absolute Gasteiger partial charge is 0.128 e. The molecule has 0 aliphatic rings. The van der Waals surface area contributed by atoms with Gasteiger partial charge in [0.05, 0.1) is 0 Å². The standard InChI is InChI=1S/C12H21N3/c1-10(2)6-5-9-14-12-8-4-7-11(13-3)15-12/h4,7-8,10H,5-6,9H2,1-3H3,(H2,13,14,15). The largest absolute Gasteiger partial charge is 0.373 e. The van der Waals surface area contributed by atoms with E-state index in [-0.39, 0.29) is 0 Å². The van der Waals surface area contributed by atoms with E-state index in [1.165, 1.54) is 12.8 Å². The van der Waals surface area contributed by atoms with Crippen molar-refractivity contribution in [3.8, 4) is 0 Å². The molecule has 0 atom stereocenters. The highest BCUT2D eigenvalue weighted by atomic mass is 15.0. The van der Waals surface area contributed by atoms with Gasteiger partial charge in [0.1, 0.15) is 11.6 Å². The first-order chi connectivity index (χ1) is 7.22. The van der Waals surface area contributed by atoms with Crippen LogP contribution in [0.5, 0.6) is 0 Å². The van der Waals surface area contributed by atoms with Gasteiger partial charge in [-0.15, -0.1) is 0 Å². The minimum absolute atomic E-state index is 0.781. The molecule has 84 valence electrons. The summed E-state index contributed by atoms with van der Waals surface area (Å²) < 4.78 is 0. The van der Waals surface area contributed by atoms with Crippen molar-refractivity contribution in [3.05, 3.63) is 18.2 Å². The molecule has 0 saturated heterocycles. The lowest BCUT2D eigenvalue weighted by Crippen LogP contribution is -2.05. The molecule has 3 nitrogen and oxygen atoms in total. The zero-order valence-electron chi connectivity index (χ0n) is 9.88. The molecule has 0 aliphatic heterocycles. The molecule has 15 heavy (non-hydrogen) atoms. The molecule has 0 spiro atoms. The van der Waals surface area contributed by atoms with Crippen molar-refractivity contribution in [2.45, 2.75) is 26.7 Å². The van der Waals surface area contributed by atoms with Crippen LogP contribution in [-0.2, 0) is 0 Å². The zero-order valence-corrected chi connectivity index (χ0v) is 9.88. The summed E-state index contributed by atoms with van der Waals surface area (Å²) in [6.45, 7) is 5.50. The van der Waals surface area contributed by atoms with Gasteiger partial charge in [0.15, 0.2) is 0 Å². The molecular formula is C12H21N3. The molecule has 3 heteroatoms. The first kappa shape index (κ1) is 11.8. The molecule has 0 aromatic carbocycles. The second kappa shape index (κ2) is 6.27. The fourth-order valence-corrected chi connectivity index (χ4v) is 1.40. The lowest BCUT2D eigenvalue weighted by atomic mass is 10.1. The Balaban J connectivity index is 2.30. The maximum absolute atomic E-state index is 4.39. The van der Waals surface area contributed by atoms with Crippen LogP contribution in [0, 0.1) is 5.92 Å². The van der Waals surface area contributed by atoms with Crippen LogP contribution in [-0.4, -0.2) is 18.6 Å². The number of rotatable bonds is 6. The Morgan fingerprint density at radius 2 is 2.00 bits per heavy atom. The fourth-order valence-electron chi connectivity index (χ4n) is 1.40. The normalized spacial score (nSPS) is 10.4. The Morgan fingerprint density at radius 1 is 1.27 bits per heavy atom. The van der Waals surface area contributed by atoms with E-state index in [4.69, 9.17) is 0 Å². The van der Waals surface area contributed by atoms with Gasteiger partial charge in [0, 0.05) is 13.6 Å². The number of nitrogens with zero attached hydrogens (tertiary/aromatic N) is 1. The molecule has 1 aromatic heterocycles. The molecule has 0 fully saturated rings. The number of hydrogen-bond donors (Lipinski definition) is 2. The third kappa shape index (κ3) is 4.68. The molecule has 0 radical (unpaired) electrons. The van der Waals surface area contributed by atoms with Crippen molar-refractivity contribution in [3.63, 3.8) is 0 Å². The van der Waals surface area contributed by atoms with E-state index in [1.54, 1.807) is 0 Å². The number of anilines is 2. The van der Waals surface area contributed by atoms with Gasteiger partial charge in [-0.3, -0.25) is 0 Å². The summed E-state index contributed by atoms with van der Waals surface area (Å²) in [5.41, 5.74) is 0. The van der Waals surface area contributed by atoms with Crippen molar-refractivity contribution in [1.29, 1.82) is 0 Å². The average molecular weight is 207 g/mol. The van der Waals surface area contributed by atoms with Crippen molar-refractivity contribution in [2.75, 3.05) is 24.2 Å². The van der Waals surface area contributed by atoms with Crippen LogP contribution in [0.25, 0.3) is 0 Å². The molecule has 0 aliphatic carbocycles. The van der Waals surface area contributed by atoms with Crippen molar-refractivity contribution in [1.82, 2.24) is 4.98 Å². The third-order valence-corrected chi connectivity index (χ3v) is 2.27. The molecule has 2 N–H and O–H groups in total. The predicted octanol–water partition coefficient (Wildman–Crippen LogP) is 2.97. The molecule has 1 rings (SSSR count). The quantitative estimate of drug-likeness (QED) is 0.704. The monoisotopic (exact) mass is 207 g/mol. The van der Waals surface area contributed by atoms with Crippen molar-refractivity contribution < 1.29 is 0 Å². The van der Waals surface area contributed by atoms with E-state index in [0.717, 1.165) is 24.1 Å². The van der Waals surface area contributed by atoms with Crippen LogP contribution in [0.4, 0.5) is 11.6 Å². The van der Waals surface area contributed by atoms with Gasteiger partial charge >= 0.3 is 0 Å². The lowest BCUT2D eigenvalue weighted by molar-refractivity contribution is 0.566. The third-order valence-electron chi connectivity index (χ3n) is 2.27. The molecule has 0 saturated carbocycles. The second-order valence-electron chi connectivity index (χ2n) is 4.12. The number of hydrogen-bond acceptors (Lipinski definition) is 3. The highest BCUT2D eigenvalue weighted by Gasteiger charge is 1.96. The molecular weight excluding hydrogens is 186 g/mol. The number of pyridine rings is 1. The highest BCUT2D eigenvalue weighted by Crippen LogP contribution is 2.09. The molecule has 1 heterocycles. The van der Waals surface area contributed by atoms with Gasteiger partial charge in [0.2, 0.25) is 0 Å². The number of aromatic nitrogens is 1. The Bertz CT molecular complexity index is 284. The lowest BCUT2D eigenvalue weighted by Gasteiger charge is -2.08. The van der Waals surface area contributed by atoms with E-state index in [0.29, 0.717) is 0 Å². The van der Waals surface area contributed by atoms with Crippen LogP contribution in [0.1, 0.15) is 26.7 Å². The van der Waals surface area contributed by atoms with Crippen molar-refractivity contribution >= 4 is 11.6 Å². The number of nitrogens with one attached hydrogen (secondary N) is 2. The average Bonchev–Trinajstić information content (AvgIpc) is 2.24. The van der Waals surface area contributed by atoms with E-state index in [2.05, 4.69) is 29.5 Å². The van der Waals surface area contributed by atoms with Gasteiger partial charge < -0.3 is 10.6 Å².